The number of rotatable bonds is 43. The smallest absolute Gasteiger partial charge is 0.309 e. The lowest BCUT2D eigenvalue weighted by molar-refractivity contribution is -0.152. The maximum absolute atomic E-state index is 15.0. The second-order valence-corrected chi connectivity index (χ2v) is 22.3. The van der Waals surface area contributed by atoms with Crippen molar-refractivity contribution >= 4 is 47.0 Å². The molecule has 0 rings (SSSR count). The maximum atomic E-state index is 15.0. The van der Waals surface area contributed by atoms with Gasteiger partial charge in [-0.25, -0.2) is 0 Å². The fraction of sp³-hybridized carbons (Fsp3) is 0.852. The van der Waals surface area contributed by atoms with E-state index >= 15 is 4.79 Å². The predicted molar refractivity (Wildman–Crippen MR) is 281 cm³/mol. The van der Waals surface area contributed by atoms with E-state index < -0.39 is 57.8 Å². The molecule has 0 saturated carbocycles. The lowest BCUT2D eigenvalue weighted by Gasteiger charge is -2.35. The third-order valence-electron chi connectivity index (χ3n) is 13.1. The molecule has 0 aliphatic carbocycles. The SMILES string of the molecule is CCCCNC(=O)C(CC(=O)NCCNCCN)CC(C)(C)C(=O)CC(CC(C)(C)C(=O)C(CC(=O)OCCCC(C)C)CC(C)(C)C(=O)CC(CC)C(=O)OCCCC(C)C)C(=O)NCCNCCN. The molecule has 9 N–H and O–H groups in total. The second kappa shape index (κ2) is 36.2. The maximum Gasteiger partial charge on any atom is 0.309 e. The molecular formula is C54H101N7O10. The van der Waals surface area contributed by atoms with Gasteiger partial charge in [0.15, 0.2) is 0 Å². The van der Waals surface area contributed by atoms with Gasteiger partial charge < -0.3 is 47.5 Å². The van der Waals surface area contributed by atoms with Gasteiger partial charge in [0, 0.05) is 112 Å². The van der Waals surface area contributed by atoms with Crippen LogP contribution < -0.4 is 38.1 Å². The zero-order valence-corrected chi connectivity index (χ0v) is 46.4. The number of ketones is 3. The highest BCUT2D eigenvalue weighted by Gasteiger charge is 2.44. The van der Waals surface area contributed by atoms with Crippen molar-refractivity contribution in [3.8, 4) is 0 Å². The molecular weight excluding hydrogens is 907 g/mol. The second-order valence-electron chi connectivity index (χ2n) is 22.3. The number of unbranched alkanes of at least 4 members (excludes halogenated alkanes) is 1. The molecule has 0 heterocycles. The Kier molecular flexibility index (Phi) is 34.2. The van der Waals surface area contributed by atoms with E-state index in [4.69, 9.17) is 20.9 Å². The van der Waals surface area contributed by atoms with Crippen LogP contribution in [0.3, 0.4) is 0 Å². The van der Waals surface area contributed by atoms with Crippen molar-refractivity contribution in [1.29, 1.82) is 0 Å². The van der Waals surface area contributed by atoms with E-state index in [9.17, 15) is 33.6 Å². The number of Topliss-reactive ketones (excluding diaryl/α,β-unsaturated/α-hetero) is 3. The molecule has 17 nitrogen and oxygen atoms in total. The molecule has 0 bridgehead atoms. The van der Waals surface area contributed by atoms with E-state index in [-0.39, 0.29) is 93.9 Å². The fourth-order valence-corrected chi connectivity index (χ4v) is 8.61. The zero-order chi connectivity index (χ0) is 54.2. The number of nitrogens with two attached hydrogens (primary N) is 2. The number of esters is 2. The summed E-state index contributed by atoms with van der Waals surface area (Å²) in [6.45, 7) is 26.7. The number of carbonyl (C=O) groups excluding carboxylic acids is 8. The van der Waals surface area contributed by atoms with Crippen LogP contribution in [0.5, 0.6) is 0 Å². The Hall–Kier alpha value is -3.80. The molecule has 0 aromatic rings. The van der Waals surface area contributed by atoms with Crippen LogP contribution in [0.15, 0.2) is 0 Å². The number of nitrogens with one attached hydrogen (secondary N) is 5. The lowest BCUT2D eigenvalue weighted by atomic mass is 9.67. The first kappa shape index (κ1) is 67.2. The van der Waals surface area contributed by atoms with Gasteiger partial charge in [-0.2, -0.15) is 0 Å². The minimum atomic E-state index is -1.30. The normalized spacial score (nSPS) is 13.8. The molecule has 71 heavy (non-hydrogen) atoms. The van der Waals surface area contributed by atoms with Gasteiger partial charge in [0.05, 0.1) is 25.6 Å². The Labute approximate surface area is 428 Å². The van der Waals surface area contributed by atoms with Crippen molar-refractivity contribution in [3.63, 3.8) is 0 Å². The van der Waals surface area contributed by atoms with Crippen molar-refractivity contribution in [2.24, 2.45) is 63.2 Å². The summed E-state index contributed by atoms with van der Waals surface area (Å²) in [7, 11) is 0. The molecule has 0 fully saturated rings. The highest BCUT2D eigenvalue weighted by atomic mass is 16.5. The van der Waals surface area contributed by atoms with Gasteiger partial charge in [-0.15, -0.1) is 0 Å². The Bertz CT molecular complexity index is 1620. The molecule has 3 amide bonds. The van der Waals surface area contributed by atoms with Crippen LogP contribution in [0.2, 0.25) is 0 Å². The number of carbonyl (C=O) groups is 8. The summed E-state index contributed by atoms with van der Waals surface area (Å²) < 4.78 is 11.2. The molecule has 4 atom stereocenters. The number of ether oxygens (including phenoxy) is 2. The summed E-state index contributed by atoms with van der Waals surface area (Å²) in [6.07, 6.45) is 4.24. The van der Waals surface area contributed by atoms with Crippen LogP contribution in [0.4, 0.5) is 0 Å². The highest BCUT2D eigenvalue weighted by Crippen LogP contribution is 2.40. The van der Waals surface area contributed by atoms with Gasteiger partial charge >= 0.3 is 11.9 Å². The van der Waals surface area contributed by atoms with Gasteiger partial charge in [-0.3, -0.25) is 38.4 Å². The molecule has 0 aliphatic rings. The zero-order valence-electron chi connectivity index (χ0n) is 46.4. The Balaban J connectivity index is 6.83. The molecule has 0 radical (unpaired) electrons. The average molecular weight is 1010 g/mol. The Morgan fingerprint density at radius 1 is 0.493 bits per heavy atom. The lowest BCUT2D eigenvalue weighted by Crippen LogP contribution is -2.44. The first-order valence-electron chi connectivity index (χ1n) is 26.8. The summed E-state index contributed by atoms with van der Waals surface area (Å²) in [5.74, 6) is -5.71. The molecule has 0 saturated heterocycles. The minimum absolute atomic E-state index is 0.0236. The molecule has 0 aliphatic heterocycles. The van der Waals surface area contributed by atoms with Gasteiger partial charge in [0.25, 0.3) is 0 Å². The molecule has 0 spiro atoms. The summed E-state index contributed by atoms with van der Waals surface area (Å²) >= 11 is 0. The highest BCUT2D eigenvalue weighted by molar-refractivity contribution is 5.94. The molecule has 4 unspecified atom stereocenters. The van der Waals surface area contributed by atoms with Crippen LogP contribution in [0.25, 0.3) is 0 Å². The van der Waals surface area contributed by atoms with E-state index in [1.54, 1.807) is 41.5 Å². The van der Waals surface area contributed by atoms with E-state index in [1.165, 1.54) is 0 Å². The van der Waals surface area contributed by atoms with Crippen molar-refractivity contribution < 1.29 is 47.8 Å². The molecule has 0 aromatic carbocycles. The van der Waals surface area contributed by atoms with Crippen molar-refractivity contribution in [1.82, 2.24) is 26.6 Å². The summed E-state index contributed by atoms with van der Waals surface area (Å²) in [5, 5.41) is 14.9. The number of amides is 3. The van der Waals surface area contributed by atoms with Crippen molar-refractivity contribution in [3.05, 3.63) is 0 Å². The van der Waals surface area contributed by atoms with Gasteiger partial charge in [-0.1, -0.05) is 89.5 Å². The van der Waals surface area contributed by atoms with Crippen LogP contribution in [-0.2, 0) is 47.8 Å². The quantitative estimate of drug-likeness (QED) is 0.0291. The van der Waals surface area contributed by atoms with Crippen LogP contribution in [0.1, 0.15) is 173 Å². The van der Waals surface area contributed by atoms with Crippen molar-refractivity contribution in [2.45, 2.75) is 173 Å². The summed E-state index contributed by atoms with van der Waals surface area (Å²) in [5.41, 5.74) is 7.57. The Morgan fingerprint density at radius 2 is 0.944 bits per heavy atom. The monoisotopic (exact) mass is 1010 g/mol. The molecule has 17 heteroatoms. The van der Waals surface area contributed by atoms with Crippen LogP contribution in [0, 0.1) is 51.8 Å². The third-order valence-corrected chi connectivity index (χ3v) is 13.1. The standard InChI is InChI=1S/C54H101N7O10/c1-13-15-22-60-50(68)43(33-46(64)59-27-25-57-23-20-55)36-53(9,10)45(63)32-42(49(67)61-28-26-58-24-21-56)37-54(11,12)48(66)41(34-47(65)70-29-16-18-38(3)4)35-52(7,8)44(62)31-40(14-2)51(69)71-30-17-19-39(5)6/h38-43,57-58H,13-37,55-56H2,1-12H3,(H,59,64)(H,60,68)(H,61,67). The van der Waals surface area contributed by atoms with Gasteiger partial charge in [0.2, 0.25) is 17.7 Å². The third kappa shape index (κ3) is 29.5. The van der Waals surface area contributed by atoms with Crippen LogP contribution >= 0.6 is 0 Å². The van der Waals surface area contributed by atoms with E-state index in [1.807, 2.05) is 13.8 Å². The first-order chi connectivity index (χ1) is 33.3. The Morgan fingerprint density at radius 3 is 1.44 bits per heavy atom. The van der Waals surface area contributed by atoms with Crippen LogP contribution in [-0.4, -0.2) is 119 Å². The van der Waals surface area contributed by atoms with Crippen molar-refractivity contribution in [2.75, 3.05) is 72.1 Å². The molecule has 412 valence electrons. The molecule has 0 aromatic heterocycles. The van der Waals surface area contributed by atoms with Gasteiger partial charge in [-0.05, 0) is 69.6 Å². The fourth-order valence-electron chi connectivity index (χ4n) is 8.61. The minimum Gasteiger partial charge on any atom is -0.466 e. The average Bonchev–Trinajstić information content (AvgIpc) is 3.29. The van der Waals surface area contributed by atoms with E-state index in [2.05, 4.69) is 54.3 Å². The number of hydrogen-bond donors (Lipinski definition) is 7. The summed E-state index contributed by atoms with van der Waals surface area (Å²) in [4.78, 5) is 111. The summed E-state index contributed by atoms with van der Waals surface area (Å²) in [6, 6.07) is 0. The largest absolute Gasteiger partial charge is 0.466 e. The number of hydrogen-bond acceptors (Lipinski definition) is 14. The first-order valence-corrected chi connectivity index (χ1v) is 26.8. The van der Waals surface area contributed by atoms with E-state index in [0.29, 0.717) is 77.0 Å². The van der Waals surface area contributed by atoms with Gasteiger partial charge in [0.1, 0.15) is 17.3 Å². The van der Waals surface area contributed by atoms with E-state index in [0.717, 1.165) is 32.1 Å². The predicted octanol–water partition coefficient (Wildman–Crippen LogP) is 5.58. The topological polar surface area (TPSA) is 267 Å².